The van der Waals surface area contributed by atoms with E-state index >= 15 is 0 Å². The molecule has 0 atom stereocenters. The largest absolute Gasteiger partial charge is 0.508 e. The molecular formula is C72H87N3O30. The quantitative estimate of drug-likeness (QED) is 0.0112. The highest BCUT2D eigenvalue weighted by Gasteiger charge is 2.24. The van der Waals surface area contributed by atoms with E-state index in [1.54, 1.807) is 21.3 Å². The van der Waals surface area contributed by atoms with Crippen molar-refractivity contribution in [3.05, 3.63) is 190 Å². The molecule has 6 aromatic carbocycles. The van der Waals surface area contributed by atoms with E-state index in [1.165, 1.54) is 72.8 Å². The predicted molar refractivity (Wildman–Crippen MR) is 369 cm³/mol. The summed E-state index contributed by atoms with van der Waals surface area (Å²) in [5.41, 5.74) is 7.36. The normalized spacial score (nSPS) is 11.5. The maximum Gasteiger partial charge on any atom is 0.508 e. The number of nitro benzene ring substituents is 3. The van der Waals surface area contributed by atoms with Gasteiger partial charge in [-0.25, -0.2) is 14.4 Å². The zero-order valence-electron chi connectivity index (χ0n) is 58.7. The third-order valence-electron chi connectivity index (χ3n) is 15.1. The summed E-state index contributed by atoms with van der Waals surface area (Å²) in [6.45, 7) is 4.62. The van der Waals surface area contributed by atoms with Crippen LogP contribution in [0.15, 0.2) is 109 Å². The minimum Gasteiger partial charge on any atom is -0.493 e. The fraction of sp³-hybridized carbons (Fsp3) is 0.458. The molecule has 0 saturated carbocycles. The van der Waals surface area contributed by atoms with Crippen LogP contribution in [-0.2, 0) is 110 Å². The highest BCUT2D eigenvalue weighted by atomic mass is 16.7. The average molecular weight is 1470 g/mol. The molecule has 7 rings (SSSR count). The summed E-state index contributed by atoms with van der Waals surface area (Å²) in [6, 6.07) is 28.8. The van der Waals surface area contributed by atoms with Gasteiger partial charge in [0.15, 0.2) is 34.5 Å². The summed E-state index contributed by atoms with van der Waals surface area (Å²) in [7, 11) is 4.75. The molecule has 33 heteroatoms. The molecule has 0 radical (unpaired) electrons. The van der Waals surface area contributed by atoms with Crippen molar-refractivity contribution in [3.8, 4) is 34.5 Å². The van der Waals surface area contributed by atoms with Gasteiger partial charge in [-0.3, -0.25) is 30.3 Å². The maximum atomic E-state index is 11.9. The Labute approximate surface area is 605 Å². The summed E-state index contributed by atoms with van der Waals surface area (Å²) in [5.74, 6) is 3.13. The van der Waals surface area contributed by atoms with Gasteiger partial charge in [-0.1, -0.05) is 0 Å². The number of nitrogens with zero attached hydrogens (tertiary/aromatic N) is 3. The topological polar surface area (TPSA) is 374 Å². The number of fused-ring (bicyclic) bond motifs is 3. The van der Waals surface area contributed by atoms with Crippen LogP contribution in [0.5, 0.6) is 34.5 Å². The summed E-state index contributed by atoms with van der Waals surface area (Å²) in [5, 5.41) is 32.5. The molecule has 0 heterocycles. The summed E-state index contributed by atoms with van der Waals surface area (Å²) >= 11 is 0. The highest BCUT2D eigenvalue weighted by molar-refractivity contribution is 5.61. The summed E-state index contributed by atoms with van der Waals surface area (Å²) < 4.78 is 118. The number of nitro groups is 3. The first-order valence-corrected chi connectivity index (χ1v) is 33.5. The lowest BCUT2D eigenvalue weighted by Gasteiger charge is -2.18. The lowest BCUT2D eigenvalue weighted by Crippen LogP contribution is -2.15. The number of hydrogen-bond acceptors (Lipinski definition) is 30. The number of rotatable bonds is 51. The Kier molecular flexibility index (Phi) is 36.9. The van der Waals surface area contributed by atoms with Gasteiger partial charge in [0.05, 0.1) is 155 Å². The Hall–Kier alpha value is -10.2. The van der Waals surface area contributed by atoms with Gasteiger partial charge >= 0.3 is 18.5 Å². The third kappa shape index (κ3) is 30.6. The first-order chi connectivity index (χ1) is 51.2. The van der Waals surface area contributed by atoms with Crippen molar-refractivity contribution in [2.75, 3.05) is 180 Å². The van der Waals surface area contributed by atoms with Crippen LogP contribution in [-0.4, -0.2) is 213 Å². The molecule has 0 unspecified atom stereocenters. The molecule has 0 amide bonds. The molecule has 105 heavy (non-hydrogen) atoms. The minimum absolute atomic E-state index is 0.0400. The van der Waals surface area contributed by atoms with Gasteiger partial charge in [0, 0.05) is 36.4 Å². The minimum atomic E-state index is -0.893. The molecule has 1 aliphatic rings. The van der Waals surface area contributed by atoms with E-state index < -0.39 is 33.2 Å². The van der Waals surface area contributed by atoms with Crippen molar-refractivity contribution in [1.29, 1.82) is 0 Å². The number of ether oxygens (including phenoxy) is 21. The number of methoxy groups -OCH3 is 3. The molecule has 0 saturated heterocycles. The number of hydrogen-bond donors (Lipinski definition) is 0. The van der Waals surface area contributed by atoms with E-state index in [0.29, 0.717) is 90.3 Å². The van der Waals surface area contributed by atoms with Crippen LogP contribution in [0.4, 0.5) is 31.4 Å². The van der Waals surface area contributed by atoms with Crippen LogP contribution < -0.4 is 28.4 Å². The number of carbonyl (C=O) groups is 3. The fourth-order valence-corrected chi connectivity index (χ4v) is 9.85. The van der Waals surface area contributed by atoms with Crippen LogP contribution in [0.1, 0.15) is 50.1 Å². The van der Waals surface area contributed by atoms with E-state index in [4.69, 9.17) is 99.5 Å². The van der Waals surface area contributed by atoms with Gasteiger partial charge < -0.3 is 99.5 Å². The summed E-state index contributed by atoms with van der Waals surface area (Å²) in [4.78, 5) is 66.8. The van der Waals surface area contributed by atoms with Crippen LogP contribution in [0, 0.1) is 30.3 Å². The molecular weight excluding hydrogens is 1390 g/mol. The van der Waals surface area contributed by atoms with Crippen LogP contribution >= 0.6 is 0 Å². The predicted octanol–water partition coefficient (Wildman–Crippen LogP) is 9.87. The first kappa shape index (κ1) is 82.1. The second-order valence-corrected chi connectivity index (χ2v) is 22.3. The van der Waals surface area contributed by atoms with Crippen molar-refractivity contribution in [2.24, 2.45) is 0 Å². The first-order valence-electron chi connectivity index (χ1n) is 33.5. The number of non-ortho nitro benzene ring substituents is 3. The van der Waals surface area contributed by atoms with E-state index in [1.807, 2.05) is 36.4 Å². The van der Waals surface area contributed by atoms with Crippen LogP contribution in [0.3, 0.4) is 0 Å². The average Bonchev–Trinajstić information content (AvgIpc) is 1.73. The van der Waals surface area contributed by atoms with Gasteiger partial charge in [-0.2, -0.15) is 0 Å². The van der Waals surface area contributed by atoms with Crippen molar-refractivity contribution in [2.45, 2.75) is 39.1 Å². The number of carbonyl (C=O) groups excluding carboxylic acids is 3. The smallest absolute Gasteiger partial charge is 0.493 e. The zero-order valence-corrected chi connectivity index (χ0v) is 58.7. The van der Waals surface area contributed by atoms with Gasteiger partial charge in [0.1, 0.15) is 59.5 Å². The molecule has 570 valence electrons. The summed E-state index contributed by atoms with van der Waals surface area (Å²) in [6.07, 6.45) is -1.22. The van der Waals surface area contributed by atoms with Crippen molar-refractivity contribution < 1.29 is 129 Å². The van der Waals surface area contributed by atoms with Crippen molar-refractivity contribution in [1.82, 2.24) is 0 Å². The van der Waals surface area contributed by atoms with Crippen LogP contribution in [0.2, 0.25) is 0 Å². The standard InChI is InChI=1S/C72H87N3O30/c1-85-64-43-55-40-59-47-68(98-35-29-92-23-17-89-20-26-95-32-38-101-71(77)104-50-53-6-12-62(13-7-53)74(81)82)66(87-3)45-57(59)42-60-48-69(99-36-30-93-24-18-90-21-27-96-33-39-102-72(78)105-51-54-8-14-63(15-9-54)75(83)84)65(86-2)44-56(60)41-58(55)46-67(64)97-34-28-91-22-16-88-19-25-94-31-37-100-70(76)103-49-52-4-10-61(11-5-52)73(79)80/h4-15,43-48H,16-42,49-51H2,1-3H3. The second kappa shape index (κ2) is 47.2. The Morgan fingerprint density at radius 3 is 0.667 bits per heavy atom. The molecule has 0 aromatic heterocycles. The SMILES string of the molecule is COc1cc2c(cc1OCCOCCOCCOCCOC(=O)OCc1ccc([N+](=O)[O-])cc1)Cc1cc(OC)c(OCCOCCOCCOCCOC(=O)OCc3ccc([N+](=O)[O-])cc3)cc1Cc1cc(OC)c(OCCOCCOCCOCCOC(=O)OCc3ccc([N+](=O)[O-])cc3)cc1C2. The van der Waals surface area contributed by atoms with E-state index in [-0.39, 0.29) is 176 Å². The maximum absolute atomic E-state index is 11.9. The molecule has 0 aliphatic heterocycles. The van der Waals surface area contributed by atoms with Crippen molar-refractivity contribution in [3.63, 3.8) is 0 Å². The Bertz CT molecular complexity index is 3260. The van der Waals surface area contributed by atoms with Gasteiger partial charge in [0.2, 0.25) is 0 Å². The van der Waals surface area contributed by atoms with E-state index in [2.05, 4.69) is 0 Å². The van der Waals surface area contributed by atoms with E-state index in [9.17, 15) is 44.7 Å². The third-order valence-corrected chi connectivity index (χ3v) is 15.1. The van der Waals surface area contributed by atoms with Crippen LogP contribution in [0.25, 0.3) is 0 Å². The lowest BCUT2D eigenvalue weighted by molar-refractivity contribution is -0.385. The molecule has 0 N–H and O–H groups in total. The highest BCUT2D eigenvalue weighted by Crippen LogP contribution is 2.41. The lowest BCUT2D eigenvalue weighted by atomic mass is 9.94. The molecule has 33 nitrogen and oxygen atoms in total. The fourth-order valence-electron chi connectivity index (χ4n) is 9.85. The van der Waals surface area contributed by atoms with Crippen molar-refractivity contribution >= 4 is 35.5 Å². The molecule has 0 fully saturated rings. The van der Waals surface area contributed by atoms with E-state index in [0.717, 1.165) is 33.4 Å². The van der Waals surface area contributed by atoms with Gasteiger partial charge in [-0.15, -0.1) is 0 Å². The Balaban J connectivity index is 0.857. The van der Waals surface area contributed by atoms with Gasteiger partial charge in [0.25, 0.3) is 17.1 Å². The second-order valence-electron chi connectivity index (χ2n) is 22.3. The molecule has 6 aromatic rings. The molecule has 1 aliphatic carbocycles. The van der Waals surface area contributed by atoms with Gasteiger partial charge in [-0.05, 0) is 142 Å². The molecule has 0 spiro atoms. The molecule has 0 bridgehead atoms. The number of benzene rings is 6. The Morgan fingerprint density at radius 2 is 0.467 bits per heavy atom. The monoisotopic (exact) mass is 1470 g/mol. The zero-order chi connectivity index (χ0) is 74.6. The Morgan fingerprint density at radius 1 is 0.276 bits per heavy atom.